The minimum atomic E-state index is 0. The number of benzene rings is 2. The number of hydrogen-bond acceptors (Lipinski definition) is 4. The van der Waals surface area contributed by atoms with Gasteiger partial charge < -0.3 is 20.7 Å². The molecule has 152 valence electrons. The van der Waals surface area contributed by atoms with Crippen molar-refractivity contribution >= 4 is 28.3 Å². The predicted molar refractivity (Wildman–Crippen MR) is 120 cm³/mol. The van der Waals surface area contributed by atoms with Gasteiger partial charge in [0.05, 0.1) is 0 Å². The number of halogens is 2. The van der Waals surface area contributed by atoms with Crippen LogP contribution in [0, 0.1) is 0 Å². The summed E-state index contributed by atoms with van der Waals surface area (Å²) in [7, 11) is 0. The molecule has 2 aromatic rings. The summed E-state index contributed by atoms with van der Waals surface area (Å²) in [6, 6.07) is 17.8. The fourth-order valence-electron chi connectivity index (χ4n) is 3.82. The topological polar surface area (TPSA) is 50.5 Å². The Bertz CT molecular complexity index is 740. The monoisotopic (exact) mass is 465 g/mol. The van der Waals surface area contributed by atoms with Gasteiger partial charge in [-0.1, -0.05) is 40.2 Å². The van der Waals surface area contributed by atoms with E-state index in [9.17, 15) is 0 Å². The first kappa shape index (κ1) is 21.6. The van der Waals surface area contributed by atoms with E-state index in [1.54, 1.807) is 0 Å². The first-order chi connectivity index (χ1) is 13.2. The van der Waals surface area contributed by atoms with E-state index < -0.39 is 0 Å². The molecular weight excluding hydrogens is 438 g/mol. The number of nitrogens with two attached hydrogens (primary N) is 1. The van der Waals surface area contributed by atoms with Crippen LogP contribution in [-0.4, -0.2) is 43.2 Å². The summed E-state index contributed by atoms with van der Waals surface area (Å²) in [5, 5.41) is 3.70. The highest BCUT2D eigenvalue weighted by molar-refractivity contribution is 9.10. The molecule has 2 fully saturated rings. The highest BCUT2D eigenvalue weighted by atomic mass is 79.9. The van der Waals surface area contributed by atoms with E-state index in [0.29, 0.717) is 24.6 Å². The Hall–Kier alpha value is -1.11. The molecule has 1 aliphatic heterocycles. The van der Waals surface area contributed by atoms with Gasteiger partial charge >= 0.3 is 0 Å². The molecule has 1 aliphatic carbocycles. The number of nitrogens with zero attached hydrogens (tertiary/aromatic N) is 1. The largest absolute Gasteiger partial charge is 0.489 e. The highest BCUT2D eigenvalue weighted by Crippen LogP contribution is 2.41. The minimum Gasteiger partial charge on any atom is -0.489 e. The first-order valence-corrected chi connectivity index (χ1v) is 10.7. The van der Waals surface area contributed by atoms with Crippen molar-refractivity contribution in [1.29, 1.82) is 0 Å². The van der Waals surface area contributed by atoms with Crippen molar-refractivity contribution in [3.8, 4) is 5.75 Å². The second-order valence-corrected chi connectivity index (χ2v) is 8.65. The Balaban J connectivity index is 0.00000225. The molecule has 6 heteroatoms. The van der Waals surface area contributed by atoms with Gasteiger partial charge in [-0.05, 0) is 54.8 Å². The molecule has 1 saturated heterocycles. The molecule has 2 aromatic carbocycles. The maximum atomic E-state index is 5.97. The van der Waals surface area contributed by atoms with Gasteiger partial charge in [-0.25, -0.2) is 0 Å². The summed E-state index contributed by atoms with van der Waals surface area (Å²) in [5.74, 6) is 1.57. The molecule has 1 saturated carbocycles. The Morgan fingerprint density at radius 2 is 1.86 bits per heavy atom. The van der Waals surface area contributed by atoms with E-state index in [1.807, 2.05) is 12.1 Å². The van der Waals surface area contributed by atoms with Crippen LogP contribution in [0.1, 0.15) is 29.9 Å². The van der Waals surface area contributed by atoms with Crippen LogP contribution in [0.4, 0.5) is 0 Å². The van der Waals surface area contributed by atoms with Gasteiger partial charge in [-0.2, -0.15) is 0 Å². The zero-order valence-electron chi connectivity index (χ0n) is 16.0. The van der Waals surface area contributed by atoms with Crippen molar-refractivity contribution in [3.63, 3.8) is 0 Å². The highest BCUT2D eigenvalue weighted by Gasteiger charge is 2.37. The maximum absolute atomic E-state index is 5.97. The molecule has 0 aromatic heterocycles. The summed E-state index contributed by atoms with van der Waals surface area (Å²) >= 11 is 3.46. The normalized spacial score (nSPS) is 24.0. The number of nitrogens with one attached hydrogen (secondary N) is 1. The molecule has 2 aliphatic rings. The van der Waals surface area contributed by atoms with Gasteiger partial charge in [-0.3, -0.25) is 0 Å². The lowest BCUT2D eigenvalue weighted by atomic mass is 10.1. The lowest BCUT2D eigenvalue weighted by Gasteiger charge is -2.15. The molecule has 1 heterocycles. The average Bonchev–Trinajstić information content (AvgIpc) is 3.34. The summed E-state index contributed by atoms with van der Waals surface area (Å²) in [6.07, 6.45) is 2.38. The molecule has 0 spiro atoms. The van der Waals surface area contributed by atoms with Crippen LogP contribution in [-0.2, 0) is 6.61 Å². The fraction of sp³-hybridized carbons (Fsp3) is 0.455. The third-order valence-corrected chi connectivity index (χ3v) is 6.09. The molecule has 28 heavy (non-hydrogen) atoms. The molecule has 4 nitrogen and oxygen atoms in total. The second-order valence-electron chi connectivity index (χ2n) is 7.74. The molecule has 2 unspecified atom stereocenters. The molecule has 4 rings (SSSR count). The second kappa shape index (κ2) is 10.1. The summed E-state index contributed by atoms with van der Waals surface area (Å²) in [5.41, 5.74) is 8.55. The van der Waals surface area contributed by atoms with Crippen molar-refractivity contribution in [3.05, 3.63) is 64.1 Å². The molecule has 3 atom stereocenters. The van der Waals surface area contributed by atoms with Gasteiger partial charge in [-0.15, -0.1) is 12.4 Å². The van der Waals surface area contributed by atoms with Gasteiger partial charge in [0.15, 0.2) is 0 Å². The summed E-state index contributed by atoms with van der Waals surface area (Å²) in [4.78, 5) is 2.46. The molecular formula is C22H29BrClN3O. The lowest BCUT2D eigenvalue weighted by Crippen LogP contribution is -2.33. The number of likely N-dealkylation sites (tertiary alicyclic amines) is 1. The van der Waals surface area contributed by atoms with Crippen molar-refractivity contribution < 1.29 is 4.74 Å². The Morgan fingerprint density at radius 3 is 2.54 bits per heavy atom. The van der Waals surface area contributed by atoms with Crippen LogP contribution in [0.5, 0.6) is 5.75 Å². The Labute approximate surface area is 182 Å². The minimum absolute atomic E-state index is 0. The van der Waals surface area contributed by atoms with E-state index in [2.05, 4.69) is 62.5 Å². The third-order valence-electron chi connectivity index (χ3n) is 5.56. The lowest BCUT2D eigenvalue weighted by molar-refractivity contribution is 0.306. The van der Waals surface area contributed by atoms with Crippen molar-refractivity contribution in [2.45, 2.75) is 37.5 Å². The first-order valence-electron chi connectivity index (χ1n) is 9.86. The predicted octanol–water partition coefficient (Wildman–Crippen LogP) is 3.93. The van der Waals surface area contributed by atoms with E-state index in [4.69, 9.17) is 10.5 Å². The van der Waals surface area contributed by atoms with Gasteiger partial charge in [0.2, 0.25) is 0 Å². The van der Waals surface area contributed by atoms with Gasteiger partial charge in [0.25, 0.3) is 0 Å². The quantitative estimate of drug-likeness (QED) is 0.619. The zero-order chi connectivity index (χ0) is 18.6. The van der Waals surface area contributed by atoms with Crippen LogP contribution in [0.15, 0.2) is 53.0 Å². The van der Waals surface area contributed by atoms with Gasteiger partial charge in [0.1, 0.15) is 12.4 Å². The van der Waals surface area contributed by atoms with E-state index in [1.165, 1.54) is 17.5 Å². The van der Waals surface area contributed by atoms with Crippen molar-refractivity contribution in [1.82, 2.24) is 10.2 Å². The number of hydrogen-bond donors (Lipinski definition) is 2. The molecule has 3 N–H and O–H groups in total. The van der Waals surface area contributed by atoms with Crippen molar-refractivity contribution in [2.75, 3.05) is 26.2 Å². The molecule has 0 radical (unpaired) electrons. The zero-order valence-corrected chi connectivity index (χ0v) is 18.4. The van der Waals surface area contributed by atoms with E-state index in [-0.39, 0.29) is 12.4 Å². The van der Waals surface area contributed by atoms with Crippen LogP contribution < -0.4 is 15.8 Å². The van der Waals surface area contributed by atoms with Crippen LogP contribution in [0.2, 0.25) is 0 Å². The number of rotatable bonds is 8. The SMILES string of the molecule is Cl.N[C@@H]1CCN(CCNC2CC2c2ccc(OCc3ccc(Br)cc3)cc2)C1. The Morgan fingerprint density at radius 1 is 1.11 bits per heavy atom. The molecule has 0 amide bonds. The Kier molecular flexibility index (Phi) is 7.77. The smallest absolute Gasteiger partial charge is 0.119 e. The maximum Gasteiger partial charge on any atom is 0.119 e. The standard InChI is InChI=1S/C22H28BrN3O.ClH/c23-18-5-1-16(2-6-18)15-27-20-7-3-17(4-8-20)21-13-22(21)25-10-12-26-11-9-19(24)14-26;/h1-8,19,21-22,25H,9-15,24H2;1H/t19-,21?,22?;/m1./s1. The van der Waals surface area contributed by atoms with E-state index >= 15 is 0 Å². The summed E-state index contributed by atoms with van der Waals surface area (Å²) < 4.78 is 6.99. The fourth-order valence-corrected chi connectivity index (χ4v) is 4.09. The number of ether oxygens (including phenoxy) is 1. The molecule has 0 bridgehead atoms. The van der Waals surface area contributed by atoms with Crippen LogP contribution in [0.3, 0.4) is 0 Å². The summed E-state index contributed by atoms with van der Waals surface area (Å²) in [6.45, 7) is 4.97. The average molecular weight is 467 g/mol. The van der Waals surface area contributed by atoms with Crippen LogP contribution >= 0.6 is 28.3 Å². The van der Waals surface area contributed by atoms with Crippen LogP contribution in [0.25, 0.3) is 0 Å². The van der Waals surface area contributed by atoms with Crippen molar-refractivity contribution in [2.24, 2.45) is 5.73 Å². The van der Waals surface area contributed by atoms with Gasteiger partial charge in [0, 0.05) is 42.1 Å². The van der Waals surface area contributed by atoms with E-state index in [0.717, 1.165) is 42.8 Å². The third kappa shape index (κ3) is 5.94.